The molecule has 4 heteroatoms. The first kappa shape index (κ1) is 12.5. The zero-order chi connectivity index (χ0) is 11.3. The Labute approximate surface area is 95.7 Å². The summed E-state index contributed by atoms with van der Waals surface area (Å²) in [5.41, 5.74) is 0.968. The monoisotopic (exact) mass is 231 g/mol. The fourth-order valence-corrected chi connectivity index (χ4v) is 2.35. The van der Waals surface area contributed by atoms with Crippen LogP contribution < -0.4 is 0 Å². The molecule has 1 N–H and O–H groups in total. The van der Waals surface area contributed by atoms with Gasteiger partial charge in [-0.1, -0.05) is 31.0 Å². The van der Waals surface area contributed by atoms with Crippen molar-refractivity contribution in [3.05, 3.63) is 11.6 Å². The van der Waals surface area contributed by atoms with Crippen molar-refractivity contribution in [2.45, 2.75) is 26.2 Å². The van der Waals surface area contributed by atoms with Crippen LogP contribution in [-0.2, 0) is 4.79 Å². The normalized spacial score (nSPS) is 27.6. The molecule has 1 aliphatic heterocycles. The molecular formula is C11H18ClNO2. The highest BCUT2D eigenvalue weighted by Crippen LogP contribution is 2.35. The molecule has 1 atom stereocenters. The van der Waals surface area contributed by atoms with Crippen molar-refractivity contribution < 1.29 is 9.90 Å². The first-order valence-electron chi connectivity index (χ1n) is 5.35. The van der Waals surface area contributed by atoms with E-state index in [-0.39, 0.29) is 0 Å². The largest absolute Gasteiger partial charge is 0.481 e. The SMILES string of the molecule is CCCC1(C(=O)O)CCN(CC=CCl)C1. The van der Waals surface area contributed by atoms with Gasteiger partial charge in [0.25, 0.3) is 0 Å². The Hall–Kier alpha value is -0.540. The summed E-state index contributed by atoms with van der Waals surface area (Å²) in [7, 11) is 0. The van der Waals surface area contributed by atoms with Crippen LogP contribution in [-0.4, -0.2) is 35.6 Å². The molecule has 1 unspecified atom stereocenters. The molecule has 0 radical (unpaired) electrons. The van der Waals surface area contributed by atoms with Gasteiger partial charge in [0.2, 0.25) is 0 Å². The second kappa shape index (κ2) is 5.52. The standard InChI is InChI=1S/C11H18ClNO2/c1-2-4-11(10(14)15)5-8-13(9-11)7-3-6-12/h3,6H,2,4-5,7-9H2,1H3,(H,14,15). The van der Waals surface area contributed by atoms with Crippen molar-refractivity contribution in [2.24, 2.45) is 5.41 Å². The van der Waals surface area contributed by atoms with E-state index in [1.165, 1.54) is 5.54 Å². The second-order valence-corrected chi connectivity index (χ2v) is 4.43. The third-order valence-corrected chi connectivity index (χ3v) is 3.25. The van der Waals surface area contributed by atoms with E-state index in [1.807, 2.05) is 13.0 Å². The van der Waals surface area contributed by atoms with Crippen LogP contribution in [0.4, 0.5) is 0 Å². The minimum Gasteiger partial charge on any atom is -0.481 e. The number of carbonyl (C=O) groups is 1. The molecule has 1 aliphatic rings. The Bertz CT molecular complexity index is 255. The van der Waals surface area contributed by atoms with Gasteiger partial charge in [-0.15, -0.1) is 0 Å². The summed E-state index contributed by atoms with van der Waals surface area (Å²) in [5.74, 6) is -0.651. The summed E-state index contributed by atoms with van der Waals surface area (Å²) < 4.78 is 0. The zero-order valence-electron chi connectivity index (χ0n) is 9.08. The molecule has 1 fully saturated rings. The van der Waals surface area contributed by atoms with Crippen LogP contribution in [0, 0.1) is 5.41 Å². The summed E-state index contributed by atoms with van der Waals surface area (Å²) in [5, 5.41) is 9.27. The van der Waals surface area contributed by atoms with Gasteiger partial charge in [-0.3, -0.25) is 9.69 Å². The highest BCUT2D eigenvalue weighted by Gasteiger charge is 2.43. The van der Waals surface area contributed by atoms with E-state index in [9.17, 15) is 9.90 Å². The van der Waals surface area contributed by atoms with E-state index in [2.05, 4.69) is 4.90 Å². The minimum atomic E-state index is -0.651. The molecule has 1 saturated heterocycles. The van der Waals surface area contributed by atoms with Crippen molar-refractivity contribution in [3.63, 3.8) is 0 Å². The van der Waals surface area contributed by atoms with Crippen LogP contribution in [0.1, 0.15) is 26.2 Å². The van der Waals surface area contributed by atoms with Crippen LogP contribution in [0.3, 0.4) is 0 Å². The molecule has 86 valence electrons. The fraction of sp³-hybridized carbons (Fsp3) is 0.727. The molecule has 0 amide bonds. The zero-order valence-corrected chi connectivity index (χ0v) is 9.83. The molecular weight excluding hydrogens is 214 g/mol. The minimum absolute atomic E-state index is 0.519. The number of halogens is 1. The van der Waals surface area contributed by atoms with E-state index in [0.717, 1.165) is 32.4 Å². The van der Waals surface area contributed by atoms with Crippen LogP contribution in [0.15, 0.2) is 11.6 Å². The Morgan fingerprint density at radius 3 is 2.93 bits per heavy atom. The van der Waals surface area contributed by atoms with Crippen molar-refractivity contribution >= 4 is 17.6 Å². The molecule has 15 heavy (non-hydrogen) atoms. The maximum atomic E-state index is 11.3. The van der Waals surface area contributed by atoms with Gasteiger partial charge in [0.15, 0.2) is 0 Å². The highest BCUT2D eigenvalue weighted by molar-refractivity contribution is 6.25. The maximum Gasteiger partial charge on any atom is 0.310 e. The lowest BCUT2D eigenvalue weighted by Crippen LogP contribution is -2.34. The maximum absolute atomic E-state index is 11.3. The Morgan fingerprint density at radius 2 is 2.40 bits per heavy atom. The quantitative estimate of drug-likeness (QED) is 0.790. The predicted octanol–water partition coefficient (Wildman–Crippen LogP) is 2.32. The molecule has 1 rings (SSSR count). The van der Waals surface area contributed by atoms with E-state index in [4.69, 9.17) is 11.6 Å². The molecule has 0 spiro atoms. The van der Waals surface area contributed by atoms with Gasteiger partial charge >= 0.3 is 5.97 Å². The lowest BCUT2D eigenvalue weighted by atomic mass is 9.83. The number of aliphatic carboxylic acids is 1. The van der Waals surface area contributed by atoms with Crippen molar-refractivity contribution in [2.75, 3.05) is 19.6 Å². The average Bonchev–Trinajstić information content (AvgIpc) is 2.60. The number of carboxylic acid groups (broad SMARTS) is 1. The van der Waals surface area contributed by atoms with Crippen LogP contribution >= 0.6 is 11.6 Å². The number of nitrogens with zero attached hydrogens (tertiary/aromatic N) is 1. The van der Waals surface area contributed by atoms with Crippen molar-refractivity contribution in [3.8, 4) is 0 Å². The summed E-state index contributed by atoms with van der Waals surface area (Å²) in [6.45, 7) is 4.29. The van der Waals surface area contributed by atoms with Gasteiger partial charge in [0.1, 0.15) is 0 Å². The molecule has 0 aromatic heterocycles. The smallest absolute Gasteiger partial charge is 0.310 e. The number of hydrogen-bond donors (Lipinski definition) is 1. The average molecular weight is 232 g/mol. The second-order valence-electron chi connectivity index (χ2n) is 4.18. The van der Waals surface area contributed by atoms with E-state index < -0.39 is 11.4 Å². The first-order valence-corrected chi connectivity index (χ1v) is 5.79. The van der Waals surface area contributed by atoms with Crippen LogP contribution in [0.5, 0.6) is 0 Å². The molecule has 3 nitrogen and oxygen atoms in total. The van der Waals surface area contributed by atoms with Crippen LogP contribution in [0.2, 0.25) is 0 Å². The summed E-state index contributed by atoms with van der Waals surface area (Å²) in [4.78, 5) is 13.4. The van der Waals surface area contributed by atoms with Gasteiger partial charge in [-0.05, 0) is 19.4 Å². The van der Waals surface area contributed by atoms with Crippen molar-refractivity contribution in [1.29, 1.82) is 0 Å². The van der Waals surface area contributed by atoms with Gasteiger partial charge in [0, 0.05) is 18.6 Å². The molecule has 0 aliphatic carbocycles. The predicted molar refractivity (Wildman–Crippen MR) is 61.0 cm³/mol. The number of hydrogen-bond acceptors (Lipinski definition) is 2. The van der Waals surface area contributed by atoms with Crippen LogP contribution in [0.25, 0.3) is 0 Å². The van der Waals surface area contributed by atoms with Gasteiger partial charge in [-0.2, -0.15) is 0 Å². The third kappa shape index (κ3) is 2.95. The Morgan fingerprint density at radius 1 is 1.67 bits per heavy atom. The highest BCUT2D eigenvalue weighted by atomic mass is 35.5. The number of carboxylic acids is 1. The van der Waals surface area contributed by atoms with E-state index >= 15 is 0 Å². The fourth-order valence-electron chi connectivity index (χ4n) is 2.27. The molecule has 1 heterocycles. The summed E-state index contributed by atoms with van der Waals surface area (Å²) >= 11 is 5.45. The Balaban J connectivity index is 2.59. The first-order chi connectivity index (χ1) is 7.14. The van der Waals surface area contributed by atoms with Gasteiger partial charge < -0.3 is 5.11 Å². The molecule has 0 saturated carbocycles. The van der Waals surface area contributed by atoms with E-state index in [0.29, 0.717) is 6.54 Å². The lowest BCUT2D eigenvalue weighted by Gasteiger charge is -2.23. The number of rotatable bonds is 5. The van der Waals surface area contributed by atoms with Crippen molar-refractivity contribution in [1.82, 2.24) is 4.90 Å². The lowest BCUT2D eigenvalue weighted by molar-refractivity contribution is -0.148. The summed E-state index contributed by atoms with van der Waals surface area (Å²) in [6, 6.07) is 0. The Kier molecular flexibility index (Phi) is 4.61. The molecule has 0 bridgehead atoms. The third-order valence-electron chi connectivity index (χ3n) is 3.07. The topological polar surface area (TPSA) is 40.5 Å². The summed E-state index contributed by atoms with van der Waals surface area (Å²) in [6.07, 6.45) is 4.30. The van der Waals surface area contributed by atoms with Gasteiger partial charge in [0.05, 0.1) is 5.41 Å². The molecule has 0 aromatic rings. The molecule has 0 aromatic carbocycles. The van der Waals surface area contributed by atoms with E-state index in [1.54, 1.807) is 0 Å². The number of likely N-dealkylation sites (tertiary alicyclic amines) is 1. The van der Waals surface area contributed by atoms with Gasteiger partial charge in [-0.25, -0.2) is 0 Å².